The molecule has 0 aliphatic carbocycles. The first-order valence-electron chi connectivity index (χ1n) is 6.97. The minimum atomic E-state index is 0.243. The number of rotatable bonds is 2. The Morgan fingerprint density at radius 2 is 2.21 bits per heavy atom. The fraction of sp³-hybridized carbons (Fsp3) is 0.533. The molecule has 4 heteroatoms. The summed E-state index contributed by atoms with van der Waals surface area (Å²) >= 11 is 0. The molecule has 3 rings (SSSR count). The summed E-state index contributed by atoms with van der Waals surface area (Å²) in [6.07, 6.45) is 1.30. The Bertz CT molecular complexity index is 603. The lowest BCUT2D eigenvalue weighted by Gasteiger charge is -2.21. The first kappa shape index (κ1) is 12.5. The second kappa shape index (κ2) is 4.53. The van der Waals surface area contributed by atoms with Crippen molar-refractivity contribution in [3.63, 3.8) is 0 Å². The third kappa shape index (κ3) is 2.00. The molecule has 1 fully saturated rings. The minimum absolute atomic E-state index is 0.243. The number of fused-ring (bicyclic) bond motifs is 1. The van der Waals surface area contributed by atoms with Crippen LogP contribution in [0.15, 0.2) is 18.2 Å². The Labute approximate surface area is 113 Å². The summed E-state index contributed by atoms with van der Waals surface area (Å²) in [4.78, 5) is 4.78. The van der Waals surface area contributed by atoms with E-state index in [9.17, 15) is 0 Å². The Morgan fingerprint density at radius 3 is 2.84 bits per heavy atom. The van der Waals surface area contributed by atoms with Crippen LogP contribution in [0.1, 0.15) is 45.0 Å². The Kier molecular flexibility index (Phi) is 2.97. The van der Waals surface area contributed by atoms with E-state index in [4.69, 9.17) is 15.5 Å². The van der Waals surface area contributed by atoms with Crippen molar-refractivity contribution in [1.82, 2.24) is 9.55 Å². The van der Waals surface area contributed by atoms with Gasteiger partial charge in [-0.25, -0.2) is 4.98 Å². The monoisotopic (exact) mass is 259 g/mol. The molecule has 2 aromatic rings. The number of nitrogen functional groups attached to an aromatic ring is 1. The lowest BCUT2D eigenvalue weighted by molar-refractivity contribution is 0.107. The molecule has 2 unspecified atom stereocenters. The second-order valence-electron chi connectivity index (χ2n) is 5.67. The van der Waals surface area contributed by atoms with Crippen molar-refractivity contribution in [2.45, 2.75) is 45.3 Å². The topological polar surface area (TPSA) is 53.1 Å². The van der Waals surface area contributed by atoms with Crippen LogP contribution in [0.4, 0.5) is 5.69 Å². The fourth-order valence-corrected chi connectivity index (χ4v) is 2.95. The highest BCUT2D eigenvalue weighted by atomic mass is 16.5. The van der Waals surface area contributed by atoms with E-state index in [1.54, 1.807) is 0 Å². The highest BCUT2D eigenvalue weighted by Gasteiger charge is 2.29. The van der Waals surface area contributed by atoms with Gasteiger partial charge in [0, 0.05) is 18.2 Å². The molecule has 0 amide bonds. The number of hydrogen-bond donors (Lipinski definition) is 1. The molecule has 4 nitrogen and oxygen atoms in total. The quantitative estimate of drug-likeness (QED) is 0.843. The number of ether oxygens (including phenoxy) is 1. The van der Waals surface area contributed by atoms with Crippen LogP contribution in [0.5, 0.6) is 0 Å². The summed E-state index contributed by atoms with van der Waals surface area (Å²) < 4.78 is 8.08. The number of anilines is 1. The molecule has 19 heavy (non-hydrogen) atoms. The maximum Gasteiger partial charge on any atom is 0.112 e. The molecule has 2 heterocycles. The Balaban J connectivity index is 2.22. The van der Waals surface area contributed by atoms with Gasteiger partial charge in [-0.1, -0.05) is 13.8 Å². The molecule has 1 aromatic carbocycles. The molecule has 0 spiro atoms. The number of nitrogens with zero attached hydrogens (tertiary/aromatic N) is 2. The van der Waals surface area contributed by atoms with Gasteiger partial charge >= 0.3 is 0 Å². The zero-order valence-electron chi connectivity index (χ0n) is 11.8. The van der Waals surface area contributed by atoms with E-state index in [0.717, 1.165) is 30.1 Å². The lowest BCUT2D eigenvalue weighted by atomic mass is 10.1. The predicted octanol–water partition coefficient (Wildman–Crippen LogP) is 3.09. The van der Waals surface area contributed by atoms with E-state index in [2.05, 4.69) is 31.4 Å². The molecule has 2 N–H and O–H groups in total. The zero-order valence-corrected chi connectivity index (χ0v) is 11.8. The number of hydrogen-bond acceptors (Lipinski definition) is 3. The maximum atomic E-state index is 5.87. The number of imidazole rings is 1. The molecule has 1 saturated heterocycles. The molecule has 1 aromatic heterocycles. The van der Waals surface area contributed by atoms with Crippen LogP contribution in [0, 0.1) is 0 Å². The van der Waals surface area contributed by atoms with E-state index < -0.39 is 0 Å². The second-order valence-corrected chi connectivity index (χ2v) is 5.67. The summed E-state index contributed by atoms with van der Waals surface area (Å²) in [5.74, 6) is 1.52. The van der Waals surface area contributed by atoms with E-state index >= 15 is 0 Å². The lowest BCUT2D eigenvalue weighted by Crippen LogP contribution is -2.19. The van der Waals surface area contributed by atoms with Gasteiger partial charge < -0.3 is 15.0 Å². The zero-order chi connectivity index (χ0) is 13.6. The average molecular weight is 259 g/mol. The molecule has 2 atom stereocenters. The summed E-state index contributed by atoms with van der Waals surface area (Å²) in [6.45, 7) is 7.34. The van der Waals surface area contributed by atoms with Crippen LogP contribution in [0.3, 0.4) is 0 Å². The van der Waals surface area contributed by atoms with Crippen LogP contribution in [-0.2, 0) is 4.74 Å². The fourth-order valence-electron chi connectivity index (χ4n) is 2.95. The van der Waals surface area contributed by atoms with Gasteiger partial charge in [0.1, 0.15) is 5.82 Å². The Hall–Kier alpha value is -1.55. The molecule has 0 saturated carbocycles. The summed E-state index contributed by atoms with van der Waals surface area (Å²) in [5, 5.41) is 0. The van der Waals surface area contributed by atoms with Crippen molar-refractivity contribution in [1.29, 1.82) is 0 Å². The molecule has 102 valence electrons. The van der Waals surface area contributed by atoms with Gasteiger partial charge in [-0.2, -0.15) is 0 Å². The first-order chi connectivity index (χ1) is 9.08. The molecule has 0 radical (unpaired) electrons. The van der Waals surface area contributed by atoms with Gasteiger partial charge in [0.2, 0.25) is 0 Å². The van der Waals surface area contributed by atoms with E-state index in [1.165, 1.54) is 5.52 Å². The number of aromatic nitrogens is 2. The normalized spacial score (nSPS) is 23.6. The van der Waals surface area contributed by atoms with Crippen LogP contribution >= 0.6 is 0 Å². The van der Waals surface area contributed by atoms with Crippen molar-refractivity contribution >= 4 is 16.7 Å². The average Bonchev–Trinajstić information content (AvgIpc) is 2.91. The molecule has 1 aliphatic rings. The number of benzene rings is 1. The largest absolute Gasteiger partial charge is 0.399 e. The highest BCUT2D eigenvalue weighted by molar-refractivity contribution is 5.80. The van der Waals surface area contributed by atoms with Crippen molar-refractivity contribution in [3.8, 4) is 0 Å². The summed E-state index contributed by atoms with van der Waals surface area (Å²) in [6, 6.07) is 6.36. The van der Waals surface area contributed by atoms with Crippen LogP contribution in [0.2, 0.25) is 0 Å². The van der Waals surface area contributed by atoms with Crippen molar-refractivity contribution in [3.05, 3.63) is 24.0 Å². The van der Waals surface area contributed by atoms with Gasteiger partial charge in [0.05, 0.1) is 23.2 Å². The van der Waals surface area contributed by atoms with Gasteiger partial charge in [-0.15, -0.1) is 0 Å². The van der Waals surface area contributed by atoms with Gasteiger partial charge in [0.25, 0.3) is 0 Å². The highest BCUT2D eigenvalue weighted by Crippen LogP contribution is 2.33. The van der Waals surface area contributed by atoms with Crippen LogP contribution in [0.25, 0.3) is 11.0 Å². The van der Waals surface area contributed by atoms with Crippen molar-refractivity contribution in [2.24, 2.45) is 0 Å². The standard InChI is InChI=1S/C15H21N3O/c1-9(2)15-17-12-8-11(16)4-5-14(12)18(15)13-6-7-19-10(13)3/h4-5,8-10,13H,6-7,16H2,1-3H3. The van der Waals surface area contributed by atoms with Gasteiger partial charge in [0.15, 0.2) is 0 Å². The Morgan fingerprint density at radius 1 is 1.42 bits per heavy atom. The SMILES string of the molecule is CC(C)c1nc2cc(N)ccc2n1C1CCOC1C. The maximum absolute atomic E-state index is 5.87. The molecular formula is C15H21N3O. The van der Waals surface area contributed by atoms with E-state index in [1.807, 2.05) is 12.1 Å². The third-order valence-electron chi connectivity index (χ3n) is 3.93. The van der Waals surface area contributed by atoms with Crippen LogP contribution < -0.4 is 5.73 Å². The van der Waals surface area contributed by atoms with Gasteiger partial charge in [-0.05, 0) is 31.5 Å². The predicted molar refractivity (Wildman–Crippen MR) is 77.3 cm³/mol. The molecule has 0 bridgehead atoms. The van der Waals surface area contributed by atoms with Crippen molar-refractivity contribution < 1.29 is 4.74 Å². The molecule has 1 aliphatic heterocycles. The van der Waals surface area contributed by atoms with E-state index in [-0.39, 0.29) is 6.10 Å². The van der Waals surface area contributed by atoms with Crippen molar-refractivity contribution in [2.75, 3.05) is 12.3 Å². The van der Waals surface area contributed by atoms with Crippen LogP contribution in [-0.4, -0.2) is 22.3 Å². The van der Waals surface area contributed by atoms with E-state index in [0.29, 0.717) is 12.0 Å². The smallest absolute Gasteiger partial charge is 0.112 e. The summed E-state index contributed by atoms with van der Waals surface area (Å²) in [5.41, 5.74) is 8.79. The first-order valence-corrected chi connectivity index (χ1v) is 6.97. The minimum Gasteiger partial charge on any atom is -0.399 e. The molecular weight excluding hydrogens is 238 g/mol. The third-order valence-corrected chi connectivity index (χ3v) is 3.93. The van der Waals surface area contributed by atoms with Gasteiger partial charge in [-0.3, -0.25) is 0 Å². The summed E-state index contributed by atoms with van der Waals surface area (Å²) in [7, 11) is 0. The number of nitrogens with two attached hydrogens (primary N) is 1.